The maximum Gasteiger partial charge on any atom is 0.323 e. The number of rotatable bonds is 4. The maximum absolute atomic E-state index is 11.6. The number of aromatic amines is 1. The van der Waals surface area contributed by atoms with Crippen LogP contribution in [0.4, 0.5) is 0 Å². The van der Waals surface area contributed by atoms with E-state index in [1.54, 1.807) is 12.5 Å². The molecule has 1 atom stereocenters. The lowest BCUT2D eigenvalue weighted by atomic mass is 10.2. The highest BCUT2D eigenvalue weighted by Gasteiger charge is 2.23. The SMILES string of the molecule is Cl.Cl.NC(Cc1cnc[nH]1)C(=O)OC1CCCC1. The second kappa shape index (κ2) is 8.34. The molecular weight excluding hydrogens is 277 g/mol. The van der Waals surface area contributed by atoms with Gasteiger partial charge in [0, 0.05) is 18.3 Å². The van der Waals surface area contributed by atoms with Crippen LogP contribution in [-0.4, -0.2) is 28.1 Å². The molecule has 1 aliphatic carbocycles. The lowest BCUT2D eigenvalue weighted by molar-refractivity contribution is -0.150. The number of hydrogen-bond acceptors (Lipinski definition) is 4. The van der Waals surface area contributed by atoms with Crippen molar-refractivity contribution in [2.75, 3.05) is 0 Å². The fourth-order valence-corrected chi connectivity index (χ4v) is 1.97. The molecule has 1 fully saturated rings. The van der Waals surface area contributed by atoms with Gasteiger partial charge in [-0.25, -0.2) is 4.98 Å². The number of ether oxygens (including phenoxy) is 1. The van der Waals surface area contributed by atoms with Crippen LogP contribution in [0.2, 0.25) is 0 Å². The van der Waals surface area contributed by atoms with E-state index in [1.807, 2.05) is 0 Å². The van der Waals surface area contributed by atoms with Crippen molar-refractivity contribution < 1.29 is 9.53 Å². The molecule has 0 amide bonds. The normalized spacial score (nSPS) is 16.5. The largest absolute Gasteiger partial charge is 0.461 e. The predicted octanol–water partition coefficient (Wildman–Crippen LogP) is 1.61. The van der Waals surface area contributed by atoms with Crippen LogP contribution in [0.1, 0.15) is 31.4 Å². The maximum atomic E-state index is 11.6. The van der Waals surface area contributed by atoms with E-state index < -0.39 is 6.04 Å². The Morgan fingerprint density at radius 1 is 1.50 bits per heavy atom. The Morgan fingerprint density at radius 3 is 2.72 bits per heavy atom. The molecule has 1 aliphatic rings. The number of carbonyl (C=O) groups excluding carboxylic acids is 1. The highest BCUT2D eigenvalue weighted by molar-refractivity contribution is 5.85. The van der Waals surface area contributed by atoms with E-state index in [9.17, 15) is 4.79 Å². The molecule has 18 heavy (non-hydrogen) atoms. The Morgan fingerprint density at radius 2 is 2.17 bits per heavy atom. The van der Waals surface area contributed by atoms with E-state index in [0.717, 1.165) is 31.4 Å². The predicted molar refractivity (Wildman–Crippen MR) is 73.1 cm³/mol. The van der Waals surface area contributed by atoms with Crippen molar-refractivity contribution in [3.05, 3.63) is 18.2 Å². The molecule has 1 aromatic rings. The first-order chi connectivity index (χ1) is 7.75. The fourth-order valence-electron chi connectivity index (χ4n) is 1.97. The van der Waals surface area contributed by atoms with Gasteiger partial charge < -0.3 is 15.5 Å². The van der Waals surface area contributed by atoms with Crippen LogP contribution >= 0.6 is 24.8 Å². The molecule has 0 saturated heterocycles. The molecule has 1 unspecified atom stereocenters. The number of esters is 1. The molecule has 0 aliphatic heterocycles. The van der Waals surface area contributed by atoms with Crippen LogP contribution in [0.3, 0.4) is 0 Å². The van der Waals surface area contributed by atoms with Crippen LogP contribution in [0.15, 0.2) is 12.5 Å². The van der Waals surface area contributed by atoms with Crippen molar-refractivity contribution in [2.45, 2.75) is 44.2 Å². The van der Waals surface area contributed by atoms with Crippen LogP contribution in [0, 0.1) is 0 Å². The van der Waals surface area contributed by atoms with Crippen molar-refractivity contribution in [3.8, 4) is 0 Å². The number of nitrogens with zero attached hydrogens (tertiary/aromatic N) is 1. The summed E-state index contributed by atoms with van der Waals surface area (Å²) in [5, 5.41) is 0. The molecule has 5 nitrogen and oxygen atoms in total. The van der Waals surface area contributed by atoms with Crippen molar-refractivity contribution >= 4 is 30.8 Å². The highest BCUT2D eigenvalue weighted by atomic mass is 35.5. The van der Waals surface area contributed by atoms with E-state index in [4.69, 9.17) is 10.5 Å². The minimum Gasteiger partial charge on any atom is -0.461 e. The van der Waals surface area contributed by atoms with E-state index in [0.29, 0.717) is 6.42 Å². The quantitative estimate of drug-likeness (QED) is 0.827. The summed E-state index contributed by atoms with van der Waals surface area (Å²) in [6, 6.07) is -0.596. The smallest absolute Gasteiger partial charge is 0.323 e. The van der Waals surface area contributed by atoms with Crippen molar-refractivity contribution in [1.29, 1.82) is 0 Å². The fraction of sp³-hybridized carbons (Fsp3) is 0.636. The Labute approximate surface area is 119 Å². The topological polar surface area (TPSA) is 81.0 Å². The summed E-state index contributed by atoms with van der Waals surface area (Å²) in [4.78, 5) is 18.4. The summed E-state index contributed by atoms with van der Waals surface area (Å²) in [6.07, 6.45) is 8.02. The second-order valence-corrected chi connectivity index (χ2v) is 4.23. The van der Waals surface area contributed by atoms with Gasteiger partial charge in [0.2, 0.25) is 0 Å². The minimum absolute atomic E-state index is 0. The van der Waals surface area contributed by atoms with Crippen LogP contribution in [0.5, 0.6) is 0 Å². The van der Waals surface area contributed by atoms with Gasteiger partial charge in [-0.15, -0.1) is 24.8 Å². The van der Waals surface area contributed by atoms with Gasteiger partial charge in [-0.1, -0.05) is 0 Å². The third kappa shape index (κ3) is 4.84. The first-order valence-electron chi connectivity index (χ1n) is 5.69. The number of halogens is 2. The molecule has 0 aromatic carbocycles. The summed E-state index contributed by atoms with van der Waals surface area (Å²) in [7, 11) is 0. The van der Waals surface area contributed by atoms with E-state index in [-0.39, 0.29) is 36.9 Å². The van der Waals surface area contributed by atoms with Crippen molar-refractivity contribution in [3.63, 3.8) is 0 Å². The molecule has 1 saturated carbocycles. The molecular formula is C11H19Cl2N3O2. The number of imidazole rings is 1. The summed E-state index contributed by atoms with van der Waals surface area (Å²) < 4.78 is 5.32. The summed E-state index contributed by atoms with van der Waals surface area (Å²) in [6.45, 7) is 0. The lowest BCUT2D eigenvalue weighted by Gasteiger charge is -2.15. The number of H-pyrrole nitrogens is 1. The number of nitrogens with one attached hydrogen (secondary N) is 1. The van der Waals surface area contributed by atoms with Crippen LogP contribution < -0.4 is 5.73 Å². The van der Waals surface area contributed by atoms with E-state index in [1.165, 1.54) is 0 Å². The van der Waals surface area contributed by atoms with Crippen molar-refractivity contribution in [2.24, 2.45) is 5.73 Å². The van der Waals surface area contributed by atoms with Gasteiger partial charge in [-0.2, -0.15) is 0 Å². The number of carbonyl (C=O) groups is 1. The average Bonchev–Trinajstić information content (AvgIpc) is 2.90. The molecule has 0 bridgehead atoms. The number of nitrogens with two attached hydrogens (primary N) is 1. The minimum atomic E-state index is -0.596. The average molecular weight is 296 g/mol. The van der Waals surface area contributed by atoms with Gasteiger partial charge in [0.15, 0.2) is 0 Å². The summed E-state index contributed by atoms with van der Waals surface area (Å²) in [5.74, 6) is -0.304. The Balaban J connectivity index is 0.00000144. The second-order valence-electron chi connectivity index (χ2n) is 4.23. The van der Waals surface area contributed by atoms with Crippen LogP contribution in [-0.2, 0) is 16.0 Å². The lowest BCUT2D eigenvalue weighted by Crippen LogP contribution is -2.36. The Hall–Kier alpha value is -0.780. The summed E-state index contributed by atoms with van der Waals surface area (Å²) >= 11 is 0. The zero-order valence-electron chi connectivity index (χ0n) is 10.0. The van der Waals surface area contributed by atoms with Gasteiger partial charge in [-0.05, 0) is 25.7 Å². The summed E-state index contributed by atoms with van der Waals surface area (Å²) in [5.41, 5.74) is 6.62. The molecule has 1 aromatic heterocycles. The highest BCUT2D eigenvalue weighted by Crippen LogP contribution is 2.21. The molecule has 7 heteroatoms. The van der Waals surface area contributed by atoms with E-state index in [2.05, 4.69) is 9.97 Å². The first kappa shape index (κ1) is 17.2. The molecule has 0 radical (unpaired) electrons. The van der Waals surface area contributed by atoms with Gasteiger partial charge in [0.1, 0.15) is 12.1 Å². The molecule has 1 heterocycles. The van der Waals surface area contributed by atoms with Gasteiger partial charge in [0.25, 0.3) is 0 Å². The zero-order valence-corrected chi connectivity index (χ0v) is 11.6. The molecule has 0 spiro atoms. The van der Waals surface area contributed by atoms with Crippen molar-refractivity contribution in [1.82, 2.24) is 9.97 Å². The third-order valence-electron chi connectivity index (χ3n) is 2.88. The van der Waals surface area contributed by atoms with Gasteiger partial charge in [-0.3, -0.25) is 4.79 Å². The molecule has 104 valence electrons. The van der Waals surface area contributed by atoms with Gasteiger partial charge in [0.05, 0.1) is 6.33 Å². The molecule has 2 rings (SSSR count). The third-order valence-corrected chi connectivity index (χ3v) is 2.88. The van der Waals surface area contributed by atoms with Gasteiger partial charge >= 0.3 is 5.97 Å². The Kier molecular flexibility index (Phi) is 7.98. The standard InChI is InChI=1S/C11H17N3O2.2ClH/c12-10(5-8-6-13-7-14-8)11(15)16-9-3-1-2-4-9;;/h6-7,9-10H,1-5,12H2,(H,13,14);2*1H. The number of hydrogen-bond donors (Lipinski definition) is 2. The zero-order chi connectivity index (χ0) is 11.4. The van der Waals surface area contributed by atoms with E-state index >= 15 is 0 Å². The monoisotopic (exact) mass is 295 g/mol. The number of aromatic nitrogens is 2. The Bertz CT molecular complexity index is 340. The van der Waals surface area contributed by atoms with Crippen LogP contribution in [0.25, 0.3) is 0 Å². The molecule has 3 N–H and O–H groups in total. The first-order valence-corrected chi connectivity index (χ1v) is 5.69.